The maximum atomic E-state index is 13.6. The lowest BCUT2D eigenvalue weighted by Crippen LogP contribution is -2.49. The van der Waals surface area contributed by atoms with Gasteiger partial charge in [0.1, 0.15) is 0 Å². The Kier molecular flexibility index (Phi) is 4.96. The number of fused-ring (bicyclic) bond motifs is 5. The van der Waals surface area contributed by atoms with Crippen molar-refractivity contribution in [2.24, 2.45) is 28.6 Å². The second-order valence-electron chi connectivity index (χ2n) is 10.4. The second-order valence-corrected chi connectivity index (χ2v) is 10.4. The van der Waals surface area contributed by atoms with Gasteiger partial charge in [-0.3, -0.25) is 9.59 Å². The van der Waals surface area contributed by atoms with E-state index in [9.17, 15) is 9.59 Å². The Hall–Kier alpha value is -2.62. The van der Waals surface area contributed by atoms with Crippen LogP contribution in [0.25, 0.3) is 6.08 Å². The predicted octanol–water partition coefficient (Wildman–Crippen LogP) is 5.57. The average molecular weight is 433 g/mol. The van der Waals surface area contributed by atoms with Gasteiger partial charge in [-0.05, 0) is 91.4 Å². The number of allylic oxidation sites excluding steroid dienone is 5. The smallest absolute Gasteiger partial charge is 0.178 e. The molecular weight excluding hydrogens is 400 g/mol. The van der Waals surface area contributed by atoms with Crippen molar-refractivity contribution >= 4 is 17.6 Å². The van der Waals surface area contributed by atoms with Gasteiger partial charge >= 0.3 is 0 Å². The molecule has 32 heavy (non-hydrogen) atoms. The van der Waals surface area contributed by atoms with E-state index in [1.54, 1.807) is 20.3 Å². The highest BCUT2D eigenvalue weighted by molar-refractivity contribution is 6.06. The van der Waals surface area contributed by atoms with Crippen molar-refractivity contribution in [2.45, 2.75) is 46.0 Å². The third-order valence-corrected chi connectivity index (χ3v) is 8.94. The zero-order valence-electron chi connectivity index (χ0n) is 19.4. The monoisotopic (exact) mass is 432 g/mol. The Bertz CT molecular complexity index is 1080. The van der Waals surface area contributed by atoms with E-state index >= 15 is 0 Å². The summed E-state index contributed by atoms with van der Waals surface area (Å²) in [6.07, 6.45) is 12.7. The lowest BCUT2D eigenvalue weighted by atomic mass is 9.48. The Morgan fingerprint density at radius 3 is 2.56 bits per heavy atom. The van der Waals surface area contributed by atoms with Crippen molar-refractivity contribution in [1.82, 2.24) is 0 Å². The number of rotatable bonds is 3. The summed E-state index contributed by atoms with van der Waals surface area (Å²) >= 11 is 0. The summed E-state index contributed by atoms with van der Waals surface area (Å²) in [5, 5.41) is 0. The summed E-state index contributed by atoms with van der Waals surface area (Å²) < 4.78 is 10.8. The van der Waals surface area contributed by atoms with E-state index in [0.29, 0.717) is 35.0 Å². The molecule has 0 aromatic heterocycles. The van der Waals surface area contributed by atoms with Crippen LogP contribution in [0.3, 0.4) is 0 Å². The number of hydrogen-bond donors (Lipinski definition) is 0. The molecule has 0 aliphatic heterocycles. The molecule has 1 aromatic carbocycles. The fourth-order valence-corrected chi connectivity index (χ4v) is 7.14. The maximum absolute atomic E-state index is 13.6. The van der Waals surface area contributed by atoms with Crippen LogP contribution in [0.2, 0.25) is 0 Å². The standard InChI is InChI=1S/C28H32O4/c1-27-11-9-20(29)16-19(27)6-7-21-22(27)10-12-28(2)23(21)15-18(26(28)30)13-17-5-8-24(31-3)25(14-17)32-4/h5,8-9,11,13-14,16,21-23H,6-7,10,12,15H2,1-4H3/t21-,22+,23+,27+,28+/m1/s1. The molecule has 5 atom stereocenters. The third kappa shape index (κ3) is 3.02. The fourth-order valence-electron chi connectivity index (χ4n) is 7.14. The molecule has 0 amide bonds. The normalized spacial score (nSPS) is 36.9. The van der Waals surface area contributed by atoms with Crippen LogP contribution in [0.5, 0.6) is 11.5 Å². The molecule has 4 aliphatic carbocycles. The SMILES string of the molecule is COc1ccc(C=C2C[C@H]3[C@@H]4CCC5=CC(=O)C=C[C@]5(C)[C@H]4CC[C@]3(C)C2=O)cc1OC. The van der Waals surface area contributed by atoms with Crippen LogP contribution in [-0.2, 0) is 9.59 Å². The summed E-state index contributed by atoms with van der Waals surface area (Å²) in [5.41, 5.74) is 2.87. The van der Waals surface area contributed by atoms with Crippen LogP contribution in [0, 0.1) is 28.6 Å². The van der Waals surface area contributed by atoms with Crippen molar-refractivity contribution in [1.29, 1.82) is 0 Å². The number of benzene rings is 1. The van der Waals surface area contributed by atoms with Crippen molar-refractivity contribution in [3.63, 3.8) is 0 Å². The topological polar surface area (TPSA) is 52.6 Å². The Morgan fingerprint density at radius 1 is 1.03 bits per heavy atom. The van der Waals surface area contributed by atoms with Gasteiger partial charge in [-0.25, -0.2) is 0 Å². The van der Waals surface area contributed by atoms with Crippen LogP contribution < -0.4 is 9.47 Å². The first-order valence-electron chi connectivity index (χ1n) is 11.7. The molecule has 0 bridgehead atoms. The molecule has 0 saturated heterocycles. The van der Waals surface area contributed by atoms with Crippen molar-refractivity contribution in [3.05, 3.63) is 53.1 Å². The number of carbonyl (C=O) groups excluding carboxylic acids is 2. The van der Waals surface area contributed by atoms with Crippen LogP contribution in [-0.4, -0.2) is 25.8 Å². The molecule has 0 heterocycles. The van der Waals surface area contributed by atoms with Crippen molar-refractivity contribution in [2.75, 3.05) is 14.2 Å². The Morgan fingerprint density at radius 2 is 1.81 bits per heavy atom. The first-order valence-corrected chi connectivity index (χ1v) is 11.7. The van der Waals surface area contributed by atoms with Crippen molar-refractivity contribution in [3.8, 4) is 11.5 Å². The minimum Gasteiger partial charge on any atom is -0.493 e. The van der Waals surface area contributed by atoms with Crippen LogP contribution in [0.15, 0.2) is 47.6 Å². The first-order chi connectivity index (χ1) is 15.3. The second kappa shape index (κ2) is 7.47. The van der Waals surface area contributed by atoms with E-state index in [0.717, 1.165) is 43.2 Å². The van der Waals surface area contributed by atoms with Gasteiger partial charge in [-0.2, -0.15) is 0 Å². The van der Waals surface area contributed by atoms with Gasteiger partial charge in [0.05, 0.1) is 14.2 Å². The van der Waals surface area contributed by atoms with Gasteiger partial charge in [-0.1, -0.05) is 31.6 Å². The molecule has 3 fully saturated rings. The lowest BCUT2D eigenvalue weighted by molar-refractivity contribution is -0.129. The van der Waals surface area contributed by atoms with Gasteiger partial charge in [0.15, 0.2) is 23.1 Å². The largest absolute Gasteiger partial charge is 0.493 e. The van der Waals surface area contributed by atoms with E-state index in [2.05, 4.69) is 26.0 Å². The Labute approximate surface area is 190 Å². The summed E-state index contributed by atoms with van der Waals surface area (Å²) in [6, 6.07) is 5.81. The lowest BCUT2D eigenvalue weighted by Gasteiger charge is -2.55. The summed E-state index contributed by atoms with van der Waals surface area (Å²) in [5.74, 6) is 3.17. The summed E-state index contributed by atoms with van der Waals surface area (Å²) in [7, 11) is 3.26. The number of Topliss-reactive ketones (excluding diaryl/α,β-unsaturated/α-hetero) is 1. The molecule has 0 radical (unpaired) electrons. The minimum absolute atomic E-state index is 0.0446. The van der Waals surface area contributed by atoms with Gasteiger partial charge in [0.25, 0.3) is 0 Å². The zero-order chi connectivity index (χ0) is 22.7. The summed E-state index contributed by atoms with van der Waals surface area (Å²) in [6.45, 7) is 4.50. The van der Waals surface area contributed by atoms with Gasteiger partial charge in [0.2, 0.25) is 0 Å². The highest BCUT2D eigenvalue weighted by atomic mass is 16.5. The zero-order valence-corrected chi connectivity index (χ0v) is 19.4. The third-order valence-electron chi connectivity index (χ3n) is 8.94. The average Bonchev–Trinajstić information content (AvgIpc) is 3.04. The quantitative estimate of drug-likeness (QED) is 0.586. The number of hydrogen-bond acceptors (Lipinski definition) is 4. The number of methoxy groups -OCH3 is 2. The molecule has 4 nitrogen and oxygen atoms in total. The first kappa shape index (κ1) is 21.2. The van der Waals surface area contributed by atoms with E-state index in [1.165, 1.54) is 5.57 Å². The van der Waals surface area contributed by atoms with Gasteiger partial charge in [-0.15, -0.1) is 0 Å². The summed E-state index contributed by atoms with van der Waals surface area (Å²) in [4.78, 5) is 25.6. The Balaban J connectivity index is 1.47. The molecule has 0 N–H and O–H groups in total. The van der Waals surface area contributed by atoms with Crippen LogP contribution in [0.1, 0.15) is 51.5 Å². The molecule has 3 saturated carbocycles. The van der Waals surface area contributed by atoms with E-state index in [1.807, 2.05) is 24.3 Å². The van der Waals surface area contributed by atoms with Gasteiger partial charge < -0.3 is 9.47 Å². The number of carbonyl (C=O) groups is 2. The molecule has 1 aromatic rings. The molecule has 5 rings (SSSR count). The van der Waals surface area contributed by atoms with Crippen LogP contribution >= 0.6 is 0 Å². The van der Waals surface area contributed by atoms with Gasteiger partial charge in [0, 0.05) is 10.8 Å². The predicted molar refractivity (Wildman–Crippen MR) is 125 cm³/mol. The highest BCUT2D eigenvalue weighted by Gasteiger charge is 2.59. The van der Waals surface area contributed by atoms with E-state index < -0.39 is 0 Å². The molecule has 168 valence electrons. The molecule has 4 heteroatoms. The van der Waals surface area contributed by atoms with Crippen molar-refractivity contribution < 1.29 is 19.1 Å². The number of ether oxygens (including phenoxy) is 2. The van der Waals surface area contributed by atoms with E-state index in [-0.39, 0.29) is 16.6 Å². The molecular formula is C28H32O4. The highest BCUT2D eigenvalue weighted by Crippen LogP contribution is 2.64. The van der Waals surface area contributed by atoms with Crippen LogP contribution in [0.4, 0.5) is 0 Å². The van der Waals surface area contributed by atoms with E-state index in [4.69, 9.17) is 9.47 Å². The minimum atomic E-state index is -0.282. The maximum Gasteiger partial charge on any atom is 0.178 e. The fraction of sp³-hybridized carbons (Fsp3) is 0.500. The molecule has 0 spiro atoms. The molecule has 4 aliphatic rings. The molecule has 0 unspecified atom stereocenters. The number of ketones is 2.